The maximum atomic E-state index is 12.2. The number of nitrogens with zero attached hydrogens (tertiary/aromatic N) is 2. The number of fused-ring (bicyclic) bond motifs is 1. The van der Waals surface area contributed by atoms with Crippen LogP contribution in [0.15, 0.2) is 47.5 Å². The van der Waals surface area contributed by atoms with Gasteiger partial charge >= 0.3 is 0 Å². The normalized spacial score (nSPS) is 13.9. The molecule has 3 rings (SSSR count). The number of carbonyl (C=O) groups excluding carboxylic acids is 1. The zero-order valence-electron chi connectivity index (χ0n) is 12.7. The van der Waals surface area contributed by atoms with Gasteiger partial charge in [-0.2, -0.15) is 0 Å². The molecule has 1 aliphatic heterocycles. The quantitative estimate of drug-likeness (QED) is 0.913. The van der Waals surface area contributed by atoms with E-state index in [0.29, 0.717) is 13.1 Å². The SMILES string of the molecule is Cc1cccc(S(=O)(=O)NCC(=O)N2Cc3cccnc3C2)c1. The van der Waals surface area contributed by atoms with Crippen LogP contribution in [-0.2, 0) is 27.9 Å². The van der Waals surface area contributed by atoms with Crippen molar-refractivity contribution >= 4 is 15.9 Å². The van der Waals surface area contributed by atoms with Gasteiger partial charge in [0.05, 0.1) is 23.7 Å². The molecule has 1 aromatic heterocycles. The van der Waals surface area contributed by atoms with E-state index in [1.807, 2.05) is 25.1 Å². The lowest BCUT2D eigenvalue weighted by atomic mass is 10.2. The Morgan fingerprint density at radius 1 is 1.26 bits per heavy atom. The predicted octanol–water partition coefficient (Wildman–Crippen LogP) is 1.21. The number of hydrogen-bond acceptors (Lipinski definition) is 4. The monoisotopic (exact) mass is 331 g/mol. The summed E-state index contributed by atoms with van der Waals surface area (Å²) in [5.74, 6) is -0.265. The minimum absolute atomic E-state index is 0.164. The number of benzene rings is 1. The predicted molar refractivity (Wildman–Crippen MR) is 84.9 cm³/mol. The van der Waals surface area contributed by atoms with Crippen LogP contribution >= 0.6 is 0 Å². The summed E-state index contributed by atoms with van der Waals surface area (Å²) >= 11 is 0. The standard InChI is InChI=1S/C16H17N3O3S/c1-12-4-2-6-14(8-12)23(21,22)18-9-16(20)19-10-13-5-3-7-17-15(13)11-19/h2-8,18H,9-11H2,1H3. The molecule has 0 saturated heterocycles. The summed E-state index contributed by atoms with van der Waals surface area (Å²) in [7, 11) is -3.69. The Bertz CT molecular complexity index is 824. The van der Waals surface area contributed by atoms with Gasteiger partial charge in [-0.1, -0.05) is 18.2 Å². The molecule has 0 aliphatic carbocycles. The second kappa shape index (κ2) is 6.10. The van der Waals surface area contributed by atoms with Crippen LogP contribution in [0, 0.1) is 6.92 Å². The van der Waals surface area contributed by atoms with Crippen LogP contribution in [0.25, 0.3) is 0 Å². The summed E-state index contributed by atoms with van der Waals surface area (Å²) in [6.07, 6.45) is 1.69. The van der Waals surface area contributed by atoms with E-state index < -0.39 is 10.0 Å². The Hall–Kier alpha value is -2.25. The zero-order valence-corrected chi connectivity index (χ0v) is 13.5. The molecule has 23 heavy (non-hydrogen) atoms. The van der Waals surface area contributed by atoms with E-state index >= 15 is 0 Å². The van der Waals surface area contributed by atoms with Crippen molar-refractivity contribution in [1.29, 1.82) is 0 Å². The van der Waals surface area contributed by atoms with Crippen molar-refractivity contribution in [2.45, 2.75) is 24.9 Å². The van der Waals surface area contributed by atoms with E-state index in [4.69, 9.17) is 0 Å². The van der Waals surface area contributed by atoms with Crippen molar-refractivity contribution in [3.63, 3.8) is 0 Å². The molecule has 0 bridgehead atoms. The van der Waals surface area contributed by atoms with Gasteiger partial charge < -0.3 is 4.90 Å². The zero-order chi connectivity index (χ0) is 16.4. The van der Waals surface area contributed by atoms with Crippen molar-refractivity contribution in [1.82, 2.24) is 14.6 Å². The lowest BCUT2D eigenvalue weighted by Crippen LogP contribution is -2.37. The fourth-order valence-electron chi connectivity index (χ4n) is 2.51. The Morgan fingerprint density at radius 3 is 2.83 bits per heavy atom. The summed E-state index contributed by atoms with van der Waals surface area (Å²) in [5, 5.41) is 0. The number of aromatic nitrogens is 1. The van der Waals surface area contributed by atoms with Gasteiger partial charge in [-0.25, -0.2) is 13.1 Å². The number of amides is 1. The third-order valence-corrected chi connectivity index (χ3v) is 5.15. The van der Waals surface area contributed by atoms with Crippen LogP contribution in [0.2, 0.25) is 0 Å². The van der Waals surface area contributed by atoms with E-state index in [1.54, 1.807) is 23.2 Å². The van der Waals surface area contributed by atoms with E-state index in [1.165, 1.54) is 6.07 Å². The molecule has 1 amide bonds. The second-order valence-electron chi connectivity index (χ2n) is 5.50. The molecule has 0 radical (unpaired) electrons. The Balaban J connectivity index is 1.64. The fraction of sp³-hybridized carbons (Fsp3) is 0.250. The number of carbonyl (C=O) groups is 1. The highest BCUT2D eigenvalue weighted by Gasteiger charge is 2.25. The van der Waals surface area contributed by atoms with E-state index in [0.717, 1.165) is 16.8 Å². The molecule has 0 spiro atoms. The molecule has 0 saturated carbocycles. The van der Waals surface area contributed by atoms with Crippen LogP contribution in [-0.4, -0.2) is 30.8 Å². The van der Waals surface area contributed by atoms with E-state index in [2.05, 4.69) is 9.71 Å². The highest BCUT2D eigenvalue weighted by Crippen LogP contribution is 2.20. The summed E-state index contributed by atoms with van der Waals surface area (Å²) in [4.78, 5) is 18.2. The van der Waals surface area contributed by atoms with E-state index in [-0.39, 0.29) is 17.3 Å². The molecular weight excluding hydrogens is 314 g/mol. The lowest BCUT2D eigenvalue weighted by molar-refractivity contribution is -0.130. The van der Waals surface area contributed by atoms with Gasteiger partial charge in [-0.3, -0.25) is 9.78 Å². The first kappa shape index (κ1) is 15.6. The molecule has 1 aliphatic rings. The highest BCUT2D eigenvalue weighted by atomic mass is 32.2. The Kier molecular flexibility index (Phi) is 4.14. The summed E-state index contributed by atoms with van der Waals surface area (Å²) in [6, 6.07) is 10.3. The molecule has 6 nitrogen and oxygen atoms in total. The number of aryl methyl sites for hydroxylation is 1. The van der Waals surface area contributed by atoms with Crippen molar-refractivity contribution in [2.75, 3.05) is 6.54 Å². The van der Waals surface area contributed by atoms with Gasteiger partial charge in [0.15, 0.2) is 0 Å². The Morgan fingerprint density at radius 2 is 2.09 bits per heavy atom. The molecule has 0 unspecified atom stereocenters. The molecule has 7 heteroatoms. The van der Waals surface area contributed by atoms with E-state index in [9.17, 15) is 13.2 Å². The summed E-state index contributed by atoms with van der Waals surface area (Å²) < 4.78 is 26.8. The Labute approximate surface area is 135 Å². The molecule has 2 aromatic rings. The van der Waals surface area contributed by atoms with Crippen molar-refractivity contribution in [3.05, 3.63) is 59.4 Å². The van der Waals surface area contributed by atoms with Crippen molar-refractivity contribution < 1.29 is 13.2 Å². The highest BCUT2D eigenvalue weighted by molar-refractivity contribution is 7.89. The minimum Gasteiger partial charge on any atom is -0.331 e. The van der Waals surface area contributed by atoms with Gasteiger partial charge in [-0.15, -0.1) is 0 Å². The maximum Gasteiger partial charge on any atom is 0.241 e. The molecule has 0 atom stereocenters. The third kappa shape index (κ3) is 3.40. The average Bonchev–Trinajstić information content (AvgIpc) is 2.97. The largest absolute Gasteiger partial charge is 0.331 e. The van der Waals surface area contributed by atoms with Crippen molar-refractivity contribution in [3.8, 4) is 0 Å². The van der Waals surface area contributed by atoms with Gasteiger partial charge in [0, 0.05) is 12.7 Å². The molecule has 120 valence electrons. The number of sulfonamides is 1. The number of nitrogens with one attached hydrogen (secondary N) is 1. The lowest BCUT2D eigenvalue weighted by Gasteiger charge is -2.15. The summed E-state index contributed by atoms with van der Waals surface area (Å²) in [6.45, 7) is 2.44. The van der Waals surface area contributed by atoms with Crippen LogP contribution in [0.5, 0.6) is 0 Å². The van der Waals surface area contributed by atoms with Gasteiger partial charge in [-0.05, 0) is 36.2 Å². The van der Waals surface area contributed by atoms with Gasteiger partial charge in [0.25, 0.3) is 0 Å². The average molecular weight is 331 g/mol. The summed E-state index contributed by atoms with van der Waals surface area (Å²) in [5.41, 5.74) is 2.71. The molecule has 1 N–H and O–H groups in total. The molecular formula is C16H17N3O3S. The number of rotatable bonds is 4. The maximum absolute atomic E-state index is 12.2. The van der Waals surface area contributed by atoms with Gasteiger partial charge in [0.2, 0.25) is 15.9 Å². The minimum atomic E-state index is -3.69. The van der Waals surface area contributed by atoms with Crippen LogP contribution in [0.3, 0.4) is 0 Å². The fourth-order valence-corrected chi connectivity index (χ4v) is 3.59. The first-order chi connectivity index (χ1) is 11.0. The van der Waals surface area contributed by atoms with Gasteiger partial charge in [0.1, 0.15) is 0 Å². The smallest absolute Gasteiger partial charge is 0.241 e. The molecule has 0 fully saturated rings. The first-order valence-electron chi connectivity index (χ1n) is 7.22. The van der Waals surface area contributed by atoms with Crippen LogP contribution in [0.1, 0.15) is 16.8 Å². The molecule has 2 heterocycles. The van der Waals surface area contributed by atoms with Crippen LogP contribution < -0.4 is 4.72 Å². The van der Waals surface area contributed by atoms with Crippen molar-refractivity contribution in [2.24, 2.45) is 0 Å². The number of pyridine rings is 1. The number of hydrogen-bond donors (Lipinski definition) is 1. The van der Waals surface area contributed by atoms with Crippen LogP contribution in [0.4, 0.5) is 0 Å². The topological polar surface area (TPSA) is 79.4 Å². The second-order valence-corrected chi connectivity index (χ2v) is 7.27. The third-order valence-electron chi connectivity index (χ3n) is 3.75. The first-order valence-corrected chi connectivity index (χ1v) is 8.71. The molecule has 1 aromatic carbocycles.